The number of nitrogens with zero attached hydrogens (tertiary/aromatic N) is 1. The number of carbonyl (C=O) groups excluding carboxylic acids is 1. The summed E-state index contributed by atoms with van der Waals surface area (Å²) in [6.45, 7) is 3.88. The van der Waals surface area contributed by atoms with Gasteiger partial charge in [0.25, 0.3) is 5.56 Å². The number of aromatic nitrogens is 1. The Bertz CT molecular complexity index is 468. The smallest absolute Gasteiger partial charge is 0.251 e. The summed E-state index contributed by atoms with van der Waals surface area (Å²) >= 11 is 2.07. The zero-order valence-electron chi connectivity index (χ0n) is 9.74. The van der Waals surface area contributed by atoms with Gasteiger partial charge >= 0.3 is 0 Å². The molecule has 0 aliphatic carbocycles. The van der Waals surface area contributed by atoms with Crippen LogP contribution in [0.2, 0.25) is 0 Å². The van der Waals surface area contributed by atoms with Gasteiger partial charge in [0.15, 0.2) is 0 Å². The Morgan fingerprint density at radius 3 is 2.76 bits per heavy atom. The third-order valence-electron chi connectivity index (χ3n) is 2.65. The summed E-state index contributed by atoms with van der Waals surface area (Å²) in [6.07, 6.45) is 2.18. The maximum Gasteiger partial charge on any atom is 0.251 e. The van der Waals surface area contributed by atoms with Gasteiger partial charge in [-0.25, -0.2) is 5.48 Å². The standard InChI is InChI=1S/C11H15IN2O3/c1-11(2,10(16)13-17)4-6-14-5-3-8(12)7-9(14)15/h3,5,7,17H,4,6H2,1-2H3,(H,13,16). The third kappa shape index (κ3) is 3.81. The molecule has 5 nitrogen and oxygen atoms in total. The largest absolute Gasteiger partial charge is 0.315 e. The van der Waals surface area contributed by atoms with Crippen molar-refractivity contribution in [1.29, 1.82) is 0 Å². The molecule has 0 spiro atoms. The van der Waals surface area contributed by atoms with Crippen LogP contribution in [0.1, 0.15) is 20.3 Å². The molecule has 0 atom stereocenters. The Balaban J connectivity index is 2.74. The molecule has 0 aliphatic rings. The van der Waals surface area contributed by atoms with Crippen molar-refractivity contribution in [3.63, 3.8) is 0 Å². The van der Waals surface area contributed by atoms with E-state index in [-0.39, 0.29) is 5.56 Å². The number of halogens is 1. The quantitative estimate of drug-likeness (QED) is 0.490. The lowest BCUT2D eigenvalue weighted by molar-refractivity contribution is -0.138. The molecule has 1 rings (SSSR count). The molecule has 0 radical (unpaired) electrons. The van der Waals surface area contributed by atoms with E-state index in [1.54, 1.807) is 36.2 Å². The highest BCUT2D eigenvalue weighted by Crippen LogP contribution is 2.20. The summed E-state index contributed by atoms with van der Waals surface area (Å²) < 4.78 is 2.44. The first-order valence-corrected chi connectivity index (χ1v) is 6.25. The molecule has 1 aromatic heterocycles. The second-order valence-corrected chi connectivity index (χ2v) is 5.70. The lowest BCUT2D eigenvalue weighted by atomic mass is 9.88. The van der Waals surface area contributed by atoms with E-state index in [9.17, 15) is 9.59 Å². The normalized spacial score (nSPS) is 11.3. The Morgan fingerprint density at radius 1 is 1.59 bits per heavy atom. The van der Waals surface area contributed by atoms with Gasteiger partial charge in [0.2, 0.25) is 5.91 Å². The van der Waals surface area contributed by atoms with Crippen molar-refractivity contribution < 1.29 is 10.0 Å². The Morgan fingerprint density at radius 2 is 2.24 bits per heavy atom. The molecule has 1 aromatic rings. The summed E-state index contributed by atoms with van der Waals surface area (Å²) in [5.41, 5.74) is 0.841. The van der Waals surface area contributed by atoms with Crippen molar-refractivity contribution in [3.8, 4) is 0 Å². The second-order valence-electron chi connectivity index (χ2n) is 4.45. The molecule has 0 unspecified atom stereocenters. The van der Waals surface area contributed by atoms with E-state index in [1.807, 2.05) is 6.07 Å². The minimum atomic E-state index is -0.711. The second kappa shape index (κ2) is 5.63. The lowest BCUT2D eigenvalue weighted by Gasteiger charge is -2.21. The molecular formula is C11H15IN2O3. The summed E-state index contributed by atoms with van der Waals surface area (Å²) in [4.78, 5) is 22.9. The predicted octanol–water partition coefficient (Wildman–Crippen LogP) is 1.37. The first kappa shape index (κ1) is 14.2. The van der Waals surface area contributed by atoms with Crippen LogP contribution in [-0.4, -0.2) is 15.7 Å². The van der Waals surface area contributed by atoms with Crippen molar-refractivity contribution in [2.45, 2.75) is 26.8 Å². The van der Waals surface area contributed by atoms with Gasteiger partial charge in [0.05, 0.1) is 0 Å². The van der Waals surface area contributed by atoms with Gasteiger partial charge in [-0.2, -0.15) is 0 Å². The molecule has 0 fully saturated rings. The van der Waals surface area contributed by atoms with Crippen LogP contribution in [0.3, 0.4) is 0 Å². The van der Waals surface area contributed by atoms with Gasteiger partial charge in [-0.3, -0.25) is 14.8 Å². The van der Waals surface area contributed by atoms with E-state index in [1.165, 1.54) is 0 Å². The van der Waals surface area contributed by atoms with Gasteiger partial charge in [0.1, 0.15) is 0 Å². The number of amides is 1. The SMILES string of the molecule is CC(C)(CCn1ccc(I)cc1=O)C(=O)NO. The van der Waals surface area contributed by atoms with E-state index in [4.69, 9.17) is 5.21 Å². The van der Waals surface area contributed by atoms with E-state index >= 15 is 0 Å². The van der Waals surface area contributed by atoms with Crippen LogP contribution in [0.5, 0.6) is 0 Å². The van der Waals surface area contributed by atoms with Crippen molar-refractivity contribution in [2.24, 2.45) is 5.41 Å². The van der Waals surface area contributed by atoms with Crippen molar-refractivity contribution >= 4 is 28.5 Å². The summed E-state index contributed by atoms with van der Waals surface area (Å²) in [7, 11) is 0. The van der Waals surface area contributed by atoms with Gasteiger partial charge in [0, 0.05) is 27.8 Å². The van der Waals surface area contributed by atoms with Crippen LogP contribution in [0.25, 0.3) is 0 Å². The molecule has 0 saturated heterocycles. The molecule has 94 valence electrons. The van der Waals surface area contributed by atoms with Crippen molar-refractivity contribution in [3.05, 3.63) is 32.3 Å². The van der Waals surface area contributed by atoms with Crippen molar-refractivity contribution in [2.75, 3.05) is 0 Å². The van der Waals surface area contributed by atoms with Crippen LogP contribution in [0, 0.1) is 8.99 Å². The van der Waals surface area contributed by atoms with Gasteiger partial charge in [-0.15, -0.1) is 0 Å². The number of aryl methyl sites for hydroxylation is 1. The first-order chi connectivity index (χ1) is 7.86. The van der Waals surface area contributed by atoms with Crippen LogP contribution in [-0.2, 0) is 11.3 Å². The lowest BCUT2D eigenvalue weighted by Crippen LogP contribution is -2.36. The molecule has 0 aromatic carbocycles. The molecule has 17 heavy (non-hydrogen) atoms. The molecule has 6 heteroatoms. The van der Waals surface area contributed by atoms with E-state index in [0.29, 0.717) is 13.0 Å². The average Bonchev–Trinajstić information content (AvgIpc) is 2.26. The van der Waals surface area contributed by atoms with E-state index in [0.717, 1.165) is 3.57 Å². The summed E-state index contributed by atoms with van der Waals surface area (Å²) in [6, 6.07) is 3.38. The van der Waals surface area contributed by atoms with Gasteiger partial charge in [-0.05, 0) is 35.1 Å². The average molecular weight is 350 g/mol. The number of nitrogens with one attached hydrogen (secondary N) is 1. The number of pyridine rings is 1. The zero-order valence-corrected chi connectivity index (χ0v) is 11.9. The molecule has 0 saturated carbocycles. The fraction of sp³-hybridized carbons (Fsp3) is 0.455. The molecule has 2 N–H and O–H groups in total. The summed E-state index contributed by atoms with van der Waals surface area (Å²) in [5, 5.41) is 8.59. The molecule has 1 heterocycles. The monoisotopic (exact) mass is 350 g/mol. The minimum Gasteiger partial charge on any atom is -0.315 e. The molecule has 0 bridgehead atoms. The van der Waals surface area contributed by atoms with Gasteiger partial charge < -0.3 is 4.57 Å². The Kier molecular flexibility index (Phi) is 4.70. The highest BCUT2D eigenvalue weighted by atomic mass is 127. The number of hydroxylamine groups is 1. The van der Waals surface area contributed by atoms with Crippen molar-refractivity contribution in [1.82, 2.24) is 10.0 Å². The van der Waals surface area contributed by atoms with Gasteiger partial charge in [-0.1, -0.05) is 13.8 Å². The molecule has 0 aliphatic heterocycles. The zero-order chi connectivity index (χ0) is 13.1. The maximum absolute atomic E-state index is 11.6. The molecule has 1 amide bonds. The van der Waals surface area contributed by atoms with E-state index in [2.05, 4.69) is 22.6 Å². The fourth-order valence-electron chi connectivity index (χ4n) is 1.33. The number of carbonyl (C=O) groups is 1. The number of rotatable bonds is 4. The number of hydrogen-bond acceptors (Lipinski definition) is 3. The van der Waals surface area contributed by atoms with Crippen LogP contribution >= 0.6 is 22.6 Å². The molecular weight excluding hydrogens is 335 g/mol. The van der Waals surface area contributed by atoms with Crippen LogP contribution < -0.4 is 11.0 Å². The maximum atomic E-state index is 11.6. The first-order valence-electron chi connectivity index (χ1n) is 5.17. The topological polar surface area (TPSA) is 71.3 Å². The fourth-order valence-corrected chi connectivity index (χ4v) is 1.76. The number of hydrogen-bond donors (Lipinski definition) is 2. The highest BCUT2D eigenvalue weighted by Gasteiger charge is 2.26. The minimum absolute atomic E-state index is 0.0860. The predicted molar refractivity (Wildman–Crippen MR) is 71.7 cm³/mol. The van der Waals surface area contributed by atoms with Crippen LogP contribution in [0.15, 0.2) is 23.1 Å². The summed E-state index contributed by atoms with van der Waals surface area (Å²) in [5.74, 6) is -0.448. The highest BCUT2D eigenvalue weighted by molar-refractivity contribution is 14.1. The third-order valence-corrected chi connectivity index (χ3v) is 3.32. The Labute approximate surface area is 113 Å². The van der Waals surface area contributed by atoms with Crippen LogP contribution in [0.4, 0.5) is 0 Å². The Hall–Kier alpha value is -0.890. The van der Waals surface area contributed by atoms with E-state index < -0.39 is 11.3 Å².